The molecule has 0 fully saturated rings. The lowest BCUT2D eigenvalue weighted by Crippen LogP contribution is -2.14. The standard InChI is InChI=1S/C11H15N5O2/c1-2-3-4-18-6-7-5-13-9-8(14-7)10(17)16-11(12)15-9/h5H,2-4,6H2,1H3,(H3,12,13,15,16,17). The first-order valence-corrected chi connectivity index (χ1v) is 5.80. The average molecular weight is 249 g/mol. The summed E-state index contributed by atoms with van der Waals surface area (Å²) < 4.78 is 5.41. The molecule has 0 radical (unpaired) electrons. The van der Waals surface area contributed by atoms with Crippen LogP contribution in [0.4, 0.5) is 5.95 Å². The predicted molar refractivity (Wildman–Crippen MR) is 66.9 cm³/mol. The normalized spacial score (nSPS) is 10.9. The second kappa shape index (κ2) is 5.54. The van der Waals surface area contributed by atoms with Gasteiger partial charge in [0.2, 0.25) is 5.95 Å². The van der Waals surface area contributed by atoms with Crippen LogP contribution in [0, 0.1) is 0 Å². The molecule has 0 saturated heterocycles. The van der Waals surface area contributed by atoms with Gasteiger partial charge in [-0.3, -0.25) is 9.78 Å². The molecule has 2 rings (SSSR count). The summed E-state index contributed by atoms with van der Waals surface area (Å²) in [5.41, 5.74) is 6.06. The van der Waals surface area contributed by atoms with E-state index < -0.39 is 0 Å². The minimum atomic E-state index is -0.389. The zero-order chi connectivity index (χ0) is 13.0. The van der Waals surface area contributed by atoms with Crippen molar-refractivity contribution in [2.24, 2.45) is 0 Å². The SMILES string of the molecule is CCCCOCc1cnc2nc(N)[nH]c(=O)c2n1. The number of aromatic nitrogens is 4. The molecule has 0 bridgehead atoms. The lowest BCUT2D eigenvalue weighted by Gasteiger charge is -2.03. The predicted octanol–water partition coefficient (Wildman–Crippen LogP) is 0.612. The topological polar surface area (TPSA) is 107 Å². The molecule has 0 saturated carbocycles. The Morgan fingerprint density at radius 2 is 2.28 bits per heavy atom. The second-order valence-electron chi connectivity index (χ2n) is 3.89. The number of nitrogens with zero attached hydrogens (tertiary/aromatic N) is 3. The molecule has 0 aromatic carbocycles. The number of unbranched alkanes of at least 4 members (excludes halogenated alkanes) is 1. The van der Waals surface area contributed by atoms with E-state index in [1.807, 2.05) is 0 Å². The van der Waals surface area contributed by atoms with E-state index in [-0.39, 0.29) is 22.7 Å². The number of nitrogen functional groups attached to an aromatic ring is 1. The van der Waals surface area contributed by atoms with Gasteiger partial charge in [0.05, 0.1) is 18.5 Å². The summed E-state index contributed by atoms with van der Waals surface area (Å²) in [5.74, 6) is 0.0359. The summed E-state index contributed by atoms with van der Waals surface area (Å²) in [4.78, 5) is 26.1. The van der Waals surface area contributed by atoms with Gasteiger partial charge in [0.1, 0.15) is 0 Å². The van der Waals surface area contributed by atoms with Gasteiger partial charge in [-0.25, -0.2) is 9.97 Å². The average Bonchev–Trinajstić information content (AvgIpc) is 2.35. The number of fused-ring (bicyclic) bond motifs is 1. The third kappa shape index (κ3) is 2.80. The molecule has 18 heavy (non-hydrogen) atoms. The molecule has 0 atom stereocenters. The number of hydrogen-bond donors (Lipinski definition) is 2. The summed E-state index contributed by atoms with van der Waals surface area (Å²) in [6.45, 7) is 3.11. The van der Waals surface area contributed by atoms with Crippen molar-refractivity contribution in [1.82, 2.24) is 19.9 Å². The van der Waals surface area contributed by atoms with Gasteiger partial charge in [-0.15, -0.1) is 0 Å². The number of ether oxygens (including phenoxy) is 1. The third-order valence-electron chi connectivity index (χ3n) is 2.38. The molecule has 96 valence electrons. The van der Waals surface area contributed by atoms with Crippen LogP contribution < -0.4 is 11.3 Å². The first kappa shape index (κ1) is 12.4. The Morgan fingerprint density at radius 1 is 1.44 bits per heavy atom. The largest absolute Gasteiger partial charge is 0.375 e. The van der Waals surface area contributed by atoms with Gasteiger partial charge in [0, 0.05) is 6.61 Å². The third-order valence-corrected chi connectivity index (χ3v) is 2.38. The van der Waals surface area contributed by atoms with Crippen LogP contribution in [0.3, 0.4) is 0 Å². The Kier molecular flexibility index (Phi) is 3.83. The van der Waals surface area contributed by atoms with Crippen LogP contribution in [0.1, 0.15) is 25.5 Å². The van der Waals surface area contributed by atoms with Crippen molar-refractivity contribution in [2.45, 2.75) is 26.4 Å². The molecule has 0 spiro atoms. The molecule has 0 amide bonds. The lowest BCUT2D eigenvalue weighted by molar-refractivity contribution is 0.115. The molecule has 2 aromatic heterocycles. The van der Waals surface area contributed by atoms with Crippen molar-refractivity contribution in [2.75, 3.05) is 12.3 Å². The van der Waals surface area contributed by atoms with Gasteiger partial charge in [-0.2, -0.15) is 4.98 Å². The number of hydrogen-bond acceptors (Lipinski definition) is 6. The fraction of sp³-hybridized carbons (Fsp3) is 0.455. The minimum absolute atomic E-state index is 0.0359. The highest BCUT2D eigenvalue weighted by Gasteiger charge is 2.06. The molecular weight excluding hydrogens is 234 g/mol. The van der Waals surface area contributed by atoms with Crippen LogP contribution in [0.5, 0.6) is 0 Å². The van der Waals surface area contributed by atoms with Gasteiger partial charge in [0.25, 0.3) is 5.56 Å². The molecule has 0 aliphatic heterocycles. The molecule has 2 heterocycles. The van der Waals surface area contributed by atoms with Crippen LogP contribution in [-0.4, -0.2) is 26.5 Å². The summed E-state index contributed by atoms with van der Waals surface area (Å²) >= 11 is 0. The van der Waals surface area contributed by atoms with Crippen LogP contribution in [-0.2, 0) is 11.3 Å². The second-order valence-corrected chi connectivity index (χ2v) is 3.89. The van der Waals surface area contributed by atoms with Crippen molar-refractivity contribution >= 4 is 17.1 Å². The maximum absolute atomic E-state index is 11.6. The fourth-order valence-electron chi connectivity index (χ4n) is 1.46. The van der Waals surface area contributed by atoms with E-state index in [1.165, 1.54) is 0 Å². The lowest BCUT2D eigenvalue weighted by atomic mass is 10.4. The van der Waals surface area contributed by atoms with Crippen LogP contribution in [0.2, 0.25) is 0 Å². The quantitative estimate of drug-likeness (QED) is 0.752. The van der Waals surface area contributed by atoms with Crippen molar-refractivity contribution in [3.8, 4) is 0 Å². The highest BCUT2D eigenvalue weighted by Crippen LogP contribution is 2.04. The van der Waals surface area contributed by atoms with E-state index in [0.717, 1.165) is 12.8 Å². The highest BCUT2D eigenvalue weighted by atomic mass is 16.5. The van der Waals surface area contributed by atoms with E-state index in [9.17, 15) is 4.79 Å². The minimum Gasteiger partial charge on any atom is -0.375 e. The zero-order valence-corrected chi connectivity index (χ0v) is 10.1. The Balaban J connectivity index is 2.19. The first-order valence-electron chi connectivity index (χ1n) is 5.80. The van der Waals surface area contributed by atoms with Crippen molar-refractivity contribution in [3.63, 3.8) is 0 Å². The molecule has 2 aromatic rings. The monoisotopic (exact) mass is 249 g/mol. The Hall–Kier alpha value is -2.02. The van der Waals surface area contributed by atoms with E-state index in [2.05, 4.69) is 26.9 Å². The molecular formula is C11H15N5O2. The van der Waals surface area contributed by atoms with E-state index >= 15 is 0 Å². The maximum Gasteiger partial charge on any atom is 0.280 e. The Labute approximate surface area is 103 Å². The summed E-state index contributed by atoms with van der Waals surface area (Å²) in [7, 11) is 0. The first-order chi connectivity index (χ1) is 8.70. The number of nitrogens with one attached hydrogen (secondary N) is 1. The summed E-state index contributed by atoms with van der Waals surface area (Å²) in [5, 5.41) is 0. The van der Waals surface area contributed by atoms with Gasteiger partial charge >= 0.3 is 0 Å². The molecule has 0 aliphatic rings. The van der Waals surface area contributed by atoms with Gasteiger partial charge in [0.15, 0.2) is 11.2 Å². The molecule has 3 N–H and O–H groups in total. The Bertz CT molecular complexity index is 595. The number of aromatic amines is 1. The molecule has 7 heteroatoms. The van der Waals surface area contributed by atoms with E-state index in [1.54, 1.807) is 6.20 Å². The van der Waals surface area contributed by atoms with Crippen LogP contribution in [0.15, 0.2) is 11.0 Å². The van der Waals surface area contributed by atoms with Crippen molar-refractivity contribution < 1.29 is 4.74 Å². The smallest absolute Gasteiger partial charge is 0.280 e. The van der Waals surface area contributed by atoms with E-state index in [4.69, 9.17) is 10.5 Å². The number of anilines is 1. The van der Waals surface area contributed by atoms with Gasteiger partial charge < -0.3 is 10.5 Å². The van der Waals surface area contributed by atoms with Crippen molar-refractivity contribution in [1.29, 1.82) is 0 Å². The van der Waals surface area contributed by atoms with Crippen molar-refractivity contribution in [3.05, 3.63) is 22.2 Å². The van der Waals surface area contributed by atoms with Crippen LogP contribution >= 0.6 is 0 Å². The Morgan fingerprint density at radius 3 is 3.06 bits per heavy atom. The van der Waals surface area contributed by atoms with Gasteiger partial charge in [-0.1, -0.05) is 13.3 Å². The molecule has 0 unspecified atom stereocenters. The summed E-state index contributed by atoms with van der Waals surface area (Å²) in [6.07, 6.45) is 3.62. The highest BCUT2D eigenvalue weighted by molar-refractivity contribution is 5.69. The number of rotatable bonds is 5. The zero-order valence-electron chi connectivity index (χ0n) is 10.1. The number of H-pyrrole nitrogens is 1. The number of nitrogens with two attached hydrogens (primary N) is 1. The van der Waals surface area contributed by atoms with Crippen LogP contribution in [0.25, 0.3) is 11.2 Å². The maximum atomic E-state index is 11.6. The summed E-state index contributed by atoms with van der Waals surface area (Å²) in [6, 6.07) is 0. The fourth-order valence-corrected chi connectivity index (χ4v) is 1.46. The van der Waals surface area contributed by atoms with E-state index in [0.29, 0.717) is 18.9 Å². The molecule has 7 nitrogen and oxygen atoms in total. The molecule has 0 aliphatic carbocycles. The van der Waals surface area contributed by atoms with Gasteiger partial charge in [-0.05, 0) is 6.42 Å².